The summed E-state index contributed by atoms with van der Waals surface area (Å²) in [4.78, 5) is 35.9. The number of anilines is 1. The number of aromatic carboxylic acids is 1. The van der Waals surface area contributed by atoms with Gasteiger partial charge in [-0.15, -0.1) is 5.10 Å². The molecule has 216 valence electrons. The number of alkyl halides is 3. The molecule has 0 bridgehead atoms. The molecule has 3 rings (SSSR count). The summed E-state index contributed by atoms with van der Waals surface area (Å²) in [5.41, 5.74) is 0.844. The molecule has 40 heavy (non-hydrogen) atoms. The first-order valence-electron chi connectivity index (χ1n) is 11.5. The van der Waals surface area contributed by atoms with Crippen LogP contribution in [-0.2, 0) is 3.79 Å². The summed E-state index contributed by atoms with van der Waals surface area (Å²) in [6.45, 7) is 7.10. The number of halogens is 5. The van der Waals surface area contributed by atoms with Gasteiger partial charge in [0.15, 0.2) is 11.5 Å². The van der Waals surface area contributed by atoms with Gasteiger partial charge in [0.05, 0.1) is 20.6 Å². The average molecular weight is 657 g/mol. The molecular formula is C23H23Cl5N6O6. The Balaban J connectivity index is 0.000000280. The van der Waals surface area contributed by atoms with Crippen molar-refractivity contribution in [3.63, 3.8) is 0 Å². The molecule has 17 heteroatoms. The fourth-order valence-electron chi connectivity index (χ4n) is 3.50. The summed E-state index contributed by atoms with van der Waals surface area (Å²) in [5.74, 6) is -2.06. The van der Waals surface area contributed by atoms with E-state index in [1.54, 1.807) is 13.8 Å². The van der Waals surface area contributed by atoms with Gasteiger partial charge < -0.3 is 10.4 Å². The summed E-state index contributed by atoms with van der Waals surface area (Å²) in [6.07, 6.45) is 1.47. The highest BCUT2D eigenvalue weighted by Gasteiger charge is 2.33. The molecule has 0 saturated heterocycles. The fraction of sp³-hybridized carbons (Fsp3) is 0.348. The molecule has 2 aromatic carbocycles. The molecule has 0 aliphatic heterocycles. The minimum absolute atomic E-state index is 0.0109. The highest BCUT2D eigenvalue weighted by molar-refractivity contribution is 6.66. The molecule has 0 unspecified atom stereocenters. The van der Waals surface area contributed by atoms with Crippen LogP contribution in [0.3, 0.4) is 0 Å². The van der Waals surface area contributed by atoms with E-state index >= 15 is 0 Å². The van der Waals surface area contributed by atoms with Gasteiger partial charge in [-0.05, 0) is 50.5 Å². The minimum atomic E-state index is -1.97. The Morgan fingerprint density at radius 3 is 2.15 bits per heavy atom. The lowest BCUT2D eigenvalue weighted by molar-refractivity contribution is -0.392. The second kappa shape index (κ2) is 13.6. The van der Waals surface area contributed by atoms with Gasteiger partial charge in [-0.3, -0.25) is 20.2 Å². The van der Waals surface area contributed by atoms with Crippen molar-refractivity contribution in [1.29, 1.82) is 0 Å². The maximum absolute atomic E-state index is 11.3. The summed E-state index contributed by atoms with van der Waals surface area (Å²) in [7, 11) is 0. The third-order valence-electron chi connectivity index (χ3n) is 5.70. The van der Waals surface area contributed by atoms with Crippen molar-refractivity contribution in [1.82, 2.24) is 14.8 Å². The monoisotopic (exact) mass is 654 g/mol. The number of carbonyl (C=O) groups is 1. The molecule has 1 aromatic heterocycles. The highest BCUT2D eigenvalue weighted by Crippen LogP contribution is 2.40. The van der Waals surface area contributed by atoms with Crippen molar-refractivity contribution < 1.29 is 19.7 Å². The van der Waals surface area contributed by atoms with E-state index in [-0.39, 0.29) is 39.6 Å². The molecule has 2 N–H and O–H groups in total. The normalized spacial score (nSPS) is 11.2. The van der Waals surface area contributed by atoms with Crippen molar-refractivity contribution in [2.75, 3.05) is 5.32 Å². The molecule has 0 atom stereocenters. The number of nitro benzene ring substituents is 2. The number of aromatic nitrogens is 3. The molecule has 0 amide bonds. The first-order chi connectivity index (χ1) is 18.5. The van der Waals surface area contributed by atoms with Crippen LogP contribution in [0.5, 0.6) is 0 Å². The number of nitrogens with one attached hydrogen (secondary N) is 1. The molecule has 1 heterocycles. The number of nitro groups is 2. The summed E-state index contributed by atoms with van der Waals surface area (Å²) >= 11 is 29.1. The Morgan fingerprint density at radius 1 is 1.10 bits per heavy atom. The predicted octanol–water partition coefficient (Wildman–Crippen LogP) is 7.82. The molecule has 12 nitrogen and oxygen atoms in total. The fourth-order valence-corrected chi connectivity index (χ4v) is 4.36. The lowest BCUT2D eigenvalue weighted by atomic mass is 10.0. The first kappa shape index (κ1) is 33.3. The van der Waals surface area contributed by atoms with E-state index in [0.717, 1.165) is 17.5 Å². The standard InChI is InChI=1S/C13H19N3O4.C10H4Cl5N3O2/c1-5-10(6-2)14-12-11(15(17)18)7-8(3)9(4)13(12)16(19)20;11-4-1-2-6(5(12)3-4)18-9(10(13,14)15)16-7(17-18)8(19)20/h7,10,14H,5-6H2,1-4H3;1-3H,(H,19,20). The number of carboxylic acids is 1. The summed E-state index contributed by atoms with van der Waals surface area (Å²) in [6, 6.07) is 5.84. The van der Waals surface area contributed by atoms with Crippen LogP contribution in [0.2, 0.25) is 10.0 Å². The van der Waals surface area contributed by atoms with E-state index in [9.17, 15) is 25.0 Å². The van der Waals surface area contributed by atoms with E-state index in [0.29, 0.717) is 16.1 Å². The Morgan fingerprint density at radius 2 is 1.70 bits per heavy atom. The van der Waals surface area contributed by atoms with Crippen LogP contribution >= 0.6 is 58.0 Å². The van der Waals surface area contributed by atoms with Crippen LogP contribution in [0.25, 0.3) is 5.69 Å². The zero-order chi connectivity index (χ0) is 30.5. The van der Waals surface area contributed by atoms with Gasteiger partial charge in [-0.1, -0.05) is 71.9 Å². The number of rotatable bonds is 8. The Kier molecular flexibility index (Phi) is 11.4. The van der Waals surface area contributed by atoms with Crippen molar-refractivity contribution in [3.8, 4) is 5.69 Å². The molecule has 0 aliphatic rings. The van der Waals surface area contributed by atoms with Gasteiger partial charge in [0.1, 0.15) is 0 Å². The predicted molar refractivity (Wildman–Crippen MR) is 155 cm³/mol. The summed E-state index contributed by atoms with van der Waals surface area (Å²) < 4.78 is -0.918. The van der Waals surface area contributed by atoms with E-state index < -0.39 is 25.4 Å². The second-order valence-electron chi connectivity index (χ2n) is 8.30. The van der Waals surface area contributed by atoms with E-state index in [4.69, 9.17) is 63.1 Å². The highest BCUT2D eigenvalue weighted by atomic mass is 35.6. The van der Waals surface area contributed by atoms with E-state index in [1.807, 2.05) is 13.8 Å². The first-order valence-corrected chi connectivity index (χ1v) is 13.3. The largest absolute Gasteiger partial charge is 0.475 e. The lowest BCUT2D eigenvalue weighted by Gasteiger charge is -2.17. The Labute approximate surface area is 253 Å². The molecule has 0 spiro atoms. The maximum atomic E-state index is 11.3. The molecule has 0 aliphatic carbocycles. The number of benzene rings is 2. The van der Waals surface area contributed by atoms with Crippen molar-refractivity contribution in [2.45, 2.75) is 50.4 Å². The van der Waals surface area contributed by atoms with Crippen LogP contribution in [-0.4, -0.2) is 41.7 Å². The van der Waals surface area contributed by atoms with Gasteiger partial charge in [0, 0.05) is 22.7 Å². The number of hydrogen-bond donors (Lipinski definition) is 2. The number of aryl methyl sites for hydroxylation is 1. The van der Waals surface area contributed by atoms with Crippen LogP contribution in [0, 0.1) is 34.1 Å². The SMILES string of the molecule is CCC(CC)Nc1c([N+](=O)[O-])cc(C)c(C)c1[N+](=O)[O-].O=C(O)c1nc(C(Cl)(Cl)Cl)n(-c2ccc(Cl)cc2Cl)n1. The van der Waals surface area contributed by atoms with Gasteiger partial charge in [-0.2, -0.15) is 0 Å². The number of hydrogen-bond acceptors (Lipinski definition) is 8. The minimum Gasteiger partial charge on any atom is -0.475 e. The maximum Gasteiger partial charge on any atom is 0.375 e. The molecule has 0 fully saturated rings. The van der Waals surface area contributed by atoms with Crippen molar-refractivity contribution in [2.24, 2.45) is 0 Å². The van der Waals surface area contributed by atoms with Gasteiger partial charge in [0.2, 0.25) is 3.79 Å². The third kappa shape index (κ3) is 7.85. The smallest absolute Gasteiger partial charge is 0.375 e. The van der Waals surface area contributed by atoms with E-state index in [1.165, 1.54) is 24.3 Å². The second-order valence-corrected chi connectivity index (χ2v) is 11.4. The van der Waals surface area contributed by atoms with E-state index in [2.05, 4.69) is 15.4 Å². The Hall–Kier alpha value is -2.90. The molecule has 0 radical (unpaired) electrons. The lowest BCUT2D eigenvalue weighted by Crippen LogP contribution is -2.19. The van der Waals surface area contributed by atoms with Gasteiger partial charge in [-0.25, -0.2) is 14.5 Å². The summed E-state index contributed by atoms with van der Waals surface area (Å²) in [5, 5.41) is 38.7. The zero-order valence-electron chi connectivity index (χ0n) is 21.4. The topological polar surface area (TPSA) is 166 Å². The Bertz CT molecular complexity index is 1440. The van der Waals surface area contributed by atoms with Crippen LogP contribution < -0.4 is 5.32 Å². The quantitative estimate of drug-likeness (QED) is 0.140. The zero-order valence-corrected chi connectivity index (χ0v) is 25.2. The number of nitrogens with zero attached hydrogens (tertiary/aromatic N) is 5. The van der Waals surface area contributed by atoms with Crippen LogP contribution in [0.15, 0.2) is 24.3 Å². The van der Waals surface area contributed by atoms with Crippen molar-refractivity contribution >= 4 is 81.0 Å². The molecule has 0 saturated carbocycles. The van der Waals surface area contributed by atoms with Gasteiger partial charge in [0.25, 0.3) is 11.5 Å². The number of carboxylic acid groups (broad SMARTS) is 1. The van der Waals surface area contributed by atoms with Gasteiger partial charge >= 0.3 is 11.7 Å². The van der Waals surface area contributed by atoms with Crippen molar-refractivity contribution in [3.05, 3.63) is 77.3 Å². The third-order valence-corrected chi connectivity index (χ3v) is 6.74. The van der Waals surface area contributed by atoms with Crippen LogP contribution in [0.4, 0.5) is 17.1 Å². The van der Waals surface area contributed by atoms with Crippen LogP contribution in [0.1, 0.15) is 54.3 Å². The molecule has 3 aromatic rings. The molecular weight excluding hydrogens is 634 g/mol. The average Bonchev–Trinajstić information content (AvgIpc) is 3.31.